The average Bonchev–Trinajstić information content (AvgIpc) is 2.69. The maximum Gasteiger partial charge on any atom is 0.321 e. The summed E-state index contributed by atoms with van der Waals surface area (Å²) in [6.45, 7) is 5.70. The molecule has 1 aliphatic rings. The molecule has 2 amide bonds. The molecule has 1 fully saturated rings. The number of sulfonamides is 1. The van der Waals surface area contributed by atoms with Gasteiger partial charge in [0.25, 0.3) is 10.0 Å². The van der Waals surface area contributed by atoms with E-state index in [1.165, 1.54) is 12.1 Å². The molecule has 0 bridgehead atoms. The van der Waals surface area contributed by atoms with Crippen LogP contribution in [0.4, 0.5) is 16.2 Å². The number of carbonyl (C=O) groups is 1. The number of hydrogen-bond donors (Lipinski definition) is 2. The Labute approximate surface area is 167 Å². The van der Waals surface area contributed by atoms with Gasteiger partial charge in [0.1, 0.15) is 0 Å². The molecule has 1 saturated heterocycles. The summed E-state index contributed by atoms with van der Waals surface area (Å²) in [5.74, 6) is 0.387. The molecule has 0 saturated carbocycles. The Bertz CT molecular complexity index is 901. The third-order valence-corrected chi connectivity index (χ3v) is 6.29. The normalized spacial score (nSPS) is 14.8. The van der Waals surface area contributed by atoms with Gasteiger partial charge in [-0.05, 0) is 67.1 Å². The second-order valence-electron chi connectivity index (χ2n) is 7.38. The van der Waals surface area contributed by atoms with Crippen LogP contribution in [0.1, 0.15) is 44.6 Å². The lowest BCUT2D eigenvalue weighted by molar-refractivity contribution is 0.200. The zero-order chi connectivity index (χ0) is 20.1. The van der Waals surface area contributed by atoms with Crippen molar-refractivity contribution in [2.45, 2.75) is 43.9 Å². The van der Waals surface area contributed by atoms with Crippen molar-refractivity contribution < 1.29 is 13.2 Å². The van der Waals surface area contributed by atoms with Gasteiger partial charge < -0.3 is 10.2 Å². The molecule has 7 heteroatoms. The van der Waals surface area contributed by atoms with E-state index in [0.717, 1.165) is 37.9 Å². The van der Waals surface area contributed by atoms with Crippen molar-refractivity contribution in [2.75, 3.05) is 23.1 Å². The Morgan fingerprint density at radius 3 is 2.04 bits per heavy atom. The lowest BCUT2D eigenvalue weighted by Crippen LogP contribution is -2.38. The van der Waals surface area contributed by atoms with Crippen molar-refractivity contribution in [1.82, 2.24) is 4.90 Å². The summed E-state index contributed by atoms with van der Waals surface area (Å²) >= 11 is 0. The number of nitrogens with one attached hydrogen (secondary N) is 2. The zero-order valence-corrected chi connectivity index (χ0v) is 17.1. The van der Waals surface area contributed by atoms with Gasteiger partial charge in [0.2, 0.25) is 0 Å². The van der Waals surface area contributed by atoms with Crippen LogP contribution in [-0.4, -0.2) is 32.4 Å². The van der Waals surface area contributed by atoms with E-state index < -0.39 is 10.0 Å². The van der Waals surface area contributed by atoms with E-state index in [0.29, 0.717) is 17.3 Å². The average molecular weight is 402 g/mol. The third kappa shape index (κ3) is 5.04. The largest absolute Gasteiger partial charge is 0.325 e. The predicted molar refractivity (Wildman–Crippen MR) is 112 cm³/mol. The molecule has 6 nitrogen and oxygen atoms in total. The van der Waals surface area contributed by atoms with Gasteiger partial charge >= 0.3 is 6.03 Å². The van der Waals surface area contributed by atoms with Crippen LogP contribution in [0.5, 0.6) is 0 Å². The van der Waals surface area contributed by atoms with Crippen LogP contribution in [0.15, 0.2) is 53.4 Å². The monoisotopic (exact) mass is 401 g/mol. The Hall–Kier alpha value is -2.54. The van der Waals surface area contributed by atoms with E-state index in [4.69, 9.17) is 0 Å². The molecule has 0 aliphatic carbocycles. The van der Waals surface area contributed by atoms with Crippen LogP contribution in [0.3, 0.4) is 0 Å². The first-order chi connectivity index (χ1) is 13.3. The minimum absolute atomic E-state index is 0.140. The Kier molecular flexibility index (Phi) is 6.24. The van der Waals surface area contributed by atoms with Gasteiger partial charge in [0.15, 0.2) is 0 Å². The molecular formula is C21H27N3O3S. The molecule has 28 heavy (non-hydrogen) atoms. The summed E-state index contributed by atoms with van der Waals surface area (Å²) in [7, 11) is -3.69. The Balaban J connectivity index is 1.65. The van der Waals surface area contributed by atoms with Gasteiger partial charge in [-0.1, -0.05) is 26.0 Å². The summed E-state index contributed by atoms with van der Waals surface area (Å²) in [4.78, 5) is 14.2. The number of urea groups is 1. The molecule has 2 N–H and O–H groups in total. The van der Waals surface area contributed by atoms with E-state index >= 15 is 0 Å². The minimum atomic E-state index is -3.69. The lowest BCUT2D eigenvalue weighted by atomic mass is 10.0. The van der Waals surface area contributed by atoms with E-state index in [-0.39, 0.29) is 10.9 Å². The Morgan fingerprint density at radius 2 is 1.46 bits per heavy atom. The molecule has 1 heterocycles. The number of piperidine rings is 1. The molecular weight excluding hydrogens is 374 g/mol. The van der Waals surface area contributed by atoms with Crippen molar-refractivity contribution >= 4 is 27.4 Å². The van der Waals surface area contributed by atoms with Gasteiger partial charge in [-0.25, -0.2) is 13.2 Å². The quantitative estimate of drug-likeness (QED) is 0.767. The van der Waals surface area contributed by atoms with Crippen molar-refractivity contribution in [3.63, 3.8) is 0 Å². The van der Waals surface area contributed by atoms with Crippen molar-refractivity contribution in [1.29, 1.82) is 0 Å². The number of benzene rings is 2. The van der Waals surface area contributed by atoms with Crippen LogP contribution in [-0.2, 0) is 10.0 Å². The highest BCUT2D eigenvalue weighted by Gasteiger charge is 2.18. The molecule has 0 radical (unpaired) electrons. The Morgan fingerprint density at radius 1 is 0.893 bits per heavy atom. The van der Waals surface area contributed by atoms with Crippen molar-refractivity contribution in [2.24, 2.45) is 0 Å². The second kappa shape index (κ2) is 8.65. The molecule has 0 unspecified atom stereocenters. The zero-order valence-electron chi connectivity index (χ0n) is 16.3. The molecule has 2 aromatic carbocycles. The number of carbonyl (C=O) groups excluding carboxylic acids is 1. The number of amides is 2. The molecule has 150 valence electrons. The van der Waals surface area contributed by atoms with E-state index in [9.17, 15) is 13.2 Å². The fourth-order valence-corrected chi connectivity index (χ4v) is 4.23. The smallest absolute Gasteiger partial charge is 0.321 e. The number of nitrogens with zero attached hydrogens (tertiary/aromatic N) is 1. The summed E-state index contributed by atoms with van der Waals surface area (Å²) in [6, 6.07) is 13.4. The van der Waals surface area contributed by atoms with Gasteiger partial charge in [0, 0.05) is 24.5 Å². The maximum absolute atomic E-state index is 12.6. The molecule has 0 spiro atoms. The molecule has 0 aromatic heterocycles. The fraction of sp³-hybridized carbons (Fsp3) is 0.381. The fourth-order valence-electron chi connectivity index (χ4n) is 3.17. The summed E-state index contributed by atoms with van der Waals surface area (Å²) in [6.07, 6.45) is 3.20. The summed E-state index contributed by atoms with van der Waals surface area (Å²) in [5.41, 5.74) is 2.25. The molecule has 1 aliphatic heterocycles. The van der Waals surface area contributed by atoms with Crippen LogP contribution in [0, 0.1) is 0 Å². The topological polar surface area (TPSA) is 78.5 Å². The van der Waals surface area contributed by atoms with Crippen LogP contribution >= 0.6 is 0 Å². The van der Waals surface area contributed by atoms with E-state index in [1.807, 2.05) is 12.1 Å². The van der Waals surface area contributed by atoms with Gasteiger partial charge in [-0.2, -0.15) is 0 Å². The first-order valence-electron chi connectivity index (χ1n) is 9.64. The van der Waals surface area contributed by atoms with Crippen LogP contribution in [0.2, 0.25) is 0 Å². The lowest BCUT2D eigenvalue weighted by Gasteiger charge is -2.26. The van der Waals surface area contributed by atoms with Crippen molar-refractivity contribution in [3.8, 4) is 0 Å². The molecule has 3 rings (SSSR count). The van der Waals surface area contributed by atoms with Crippen LogP contribution < -0.4 is 10.0 Å². The van der Waals surface area contributed by atoms with Gasteiger partial charge in [0.05, 0.1) is 4.90 Å². The van der Waals surface area contributed by atoms with E-state index in [1.54, 1.807) is 29.2 Å². The minimum Gasteiger partial charge on any atom is -0.325 e. The summed E-state index contributed by atoms with van der Waals surface area (Å²) < 4.78 is 27.8. The maximum atomic E-state index is 12.6. The van der Waals surface area contributed by atoms with Gasteiger partial charge in [-0.3, -0.25) is 4.72 Å². The highest BCUT2D eigenvalue weighted by Crippen LogP contribution is 2.21. The summed E-state index contributed by atoms with van der Waals surface area (Å²) in [5, 5.41) is 2.83. The predicted octanol–water partition coefficient (Wildman–Crippen LogP) is 4.63. The highest BCUT2D eigenvalue weighted by atomic mass is 32.2. The number of likely N-dealkylation sites (tertiary alicyclic amines) is 1. The first-order valence-corrected chi connectivity index (χ1v) is 11.1. The third-order valence-electron chi connectivity index (χ3n) is 4.89. The number of rotatable bonds is 5. The van der Waals surface area contributed by atoms with Crippen LogP contribution in [0.25, 0.3) is 0 Å². The first kappa shape index (κ1) is 20.2. The van der Waals surface area contributed by atoms with Gasteiger partial charge in [-0.15, -0.1) is 0 Å². The van der Waals surface area contributed by atoms with Crippen molar-refractivity contribution in [3.05, 3.63) is 54.1 Å². The highest BCUT2D eigenvalue weighted by molar-refractivity contribution is 7.92. The second-order valence-corrected chi connectivity index (χ2v) is 9.07. The number of hydrogen-bond acceptors (Lipinski definition) is 3. The molecule has 0 atom stereocenters. The SMILES string of the molecule is CC(C)c1ccc(NS(=O)(=O)c2ccc(NC(=O)N3CCCCC3)cc2)cc1. The molecule has 2 aromatic rings. The number of anilines is 2. The standard InChI is InChI=1S/C21H27N3O3S/c1-16(2)17-6-8-19(9-7-17)23-28(26,27)20-12-10-18(11-13-20)22-21(25)24-14-4-3-5-15-24/h6-13,16,23H,3-5,14-15H2,1-2H3,(H,22,25). The van der Waals surface area contributed by atoms with E-state index in [2.05, 4.69) is 23.9 Å².